The normalized spacial score (nSPS) is 10.8. The molecule has 0 saturated carbocycles. The molecule has 0 radical (unpaired) electrons. The number of halogens is 2. The van der Waals surface area contributed by atoms with Crippen molar-refractivity contribution in [3.05, 3.63) is 47.0 Å². The first-order valence-corrected chi connectivity index (χ1v) is 7.05. The highest BCUT2D eigenvalue weighted by Gasteiger charge is 2.14. The fourth-order valence-electron chi connectivity index (χ4n) is 2.22. The van der Waals surface area contributed by atoms with E-state index in [4.69, 9.17) is 18.9 Å². The number of hydrogen-bond donors (Lipinski definition) is 0. The van der Waals surface area contributed by atoms with Crippen LogP contribution in [0.2, 0.25) is 0 Å². The second-order valence-corrected chi connectivity index (χ2v) is 4.78. The predicted octanol–water partition coefficient (Wildman–Crippen LogP) is 4.17. The average Bonchev–Trinajstić information content (AvgIpc) is 2.61. The molecule has 2 rings (SSSR count). The fourth-order valence-corrected chi connectivity index (χ4v) is 2.22. The maximum absolute atomic E-state index is 14.0. The van der Waals surface area contributed by atoms with Gasteiger partial charge in [0.2, 0.25) is 11.6 Å². The minimum absolute atomic E-state index is 0.0991. The van der Waals surface area contributed by atoms with E-state index in [0.29, 0.717) is 22.8 Å². The molecular formula is C18H18F2O4. The summed E-state index contributed by atoms with van der Waals surface area (Å²) in [5, 5.41) is 0. The van der Waals surface area contributed by atoms with Gasteiger partial charge in [-0.15, -0.1) is 0 Å². The van der Waals surface area contributed by atoms with Crippen LogP contribution in [0.1, 0.15) is 11.1 Å². The van der Waals surface area contributed by atoms with Gasteiger partial charge in [-0.25, -0.2) is 4.39 Å². The Bertz CT molecular complexity index is 732. The quantitative estimate of drug-likeness (QED) is 0.742. The van der Waals surface area contributed by atoms with Gasteiger partial charge in [0.15, 0.2) is 23.1 Å². The molecule has 0 fully saturated rings. The molecule has 0 aliphatic carbocycles. The molecule has 0 aromatic heterocycles. The molecule has 2 aromatic carbocycles. The summed E-state index contributed by atoms with van der Waals surface area (Å²) in [7, 11) is 5.79. The first-order chi connectivity index (χ1) is 11.5. The minimum Gasteiger partial charge on any atom is -0.494 e. The molecule has 0 unspecified atom stereocenters. The van der Waals surface area contributed by atoms with Crippen LogP contribution in [0.3, 0.4) is 0 Å². The van der Waals surface area contributed by atoms with Crippen LogP contribution in [-0.4, -0.2) is 28.4 Å². The Balaban J connectivity index is 2.41. The largest absolute Gasteiger partial charge is 0.494 e. The van der Waals surface area contributed by atoms with Crippen LogP contribution in [0.15, 0.2) is 24.3 Å². The summed E-state index contributed by atoms with van der Waals surface area (Å²) >= 11 is 0. The third kappa shape index (κ3) is 3.42. The zero-order valence-corrected chi connectivity index (χ0v) is 13.9. The number of hydrogen-bond acceptors (Lipinski definition) is 4. The summed E-state index contributed by atoms with van der Waals surface area (Å²) in [5.74, 6) is -0.741. The van der Waals surface area contributed by atoms with Crippen LogP contribution in [0.5, 0.6) is 23.0 Å². The lowest BCUT2D eigenvalue weighted by Gasteiger charge is -2.12. The van der Waals surface area contributed by atoms with Crippen LogP contribution < -0.4 is 18.9 Å². The highest BCUT2D eigenvalue weighted by molar-refractivity contribution is 5.73. The van der Waals surface area contributed by atoms with E-state index >= 15 is 0 Å². The summed E-state index contributed by atoms with van der Waals surface area (Å²) < 4.78 is 48.2. The molecule has 6 heteroatoms. The molecule has 24 heavy (non-hydrogen) atoms. The van der Waals surface area contributed by atoms with Gasteiger partial charge in [0.25, 0.3) is 0 Å². The highest BCUT2D eigenvalue weighted by atomic mass is 19.2. The third-order valence-corrected chi connectivity index (χ3v) is 3.44. The van der Waals surface area contributed by atoms with E-state index < -0.39 is 11.6 Å². The van der Waals surface area contributed by atoms with Crippen molar-refractivity contribution in [3.63, 3.8) is 0 Å². The Morgan fingerprint density at radius 3 is 1.79 bits per heavy atom. The van der Waals surface area contributed by atoms with Crippen LogP contribution in [0, 0.1) is 11.6 Å². The zero-order valence-electron chi connectivity index (χ0n) is 13.9. The van der Waals surface area contributed by atoms with Gasteiger partial charge in [-0.2, -0.15) is 4.39 Å². The lowest BCUT2D eigenvalue weighted by molar-refractivity contribution is 0.324. The molecule has 0 amide bonds. The van der Waals surface area contributed by atoms with Gasteiger partial charge in [0.1, 0.15) is 0 Å². The molecule has 0 spiro atoms. The highest BCUT2D eigenvalue weighted by Crippen LogP contribution is 2.38. The summed E-state index contributed by atoms with van der Waals surface area (Å²) in [6, 6.07) is 6.21. The molecule has 2 aromatic rings. The van der Waals surface area contributed by atoms with Crippen molar-refractivity contribution in [2.24, 2.45) is 0 Å². The minimum atomic E-state index is -1.02. The van der Waals surface area contributed by atoms with Crippen molar-refractivity contribution in [1.82, 2.24) is 0 Å². The van der Waals surface area contributed by atoms with Crippen molar-refractivity contribution in [2.75, 3.05) is 28.4 Å². The molecular weight excluding hydrogens is 318 g/mol. The molecule has 4 nitrogen and oxygen atoms in total. The van der Waals surface area contributed by atoms with Gasteiger partial charge >= 0.3 is 0 Å². The number of methoxy groups -OCH3 is 4. The Morgan fingerprint density at radius 2 is 1.29 bits per heavy atom. The van der Waals surface area contributed by atoms with E-state index in [-0.39, 0.29) is 11.3 Å². The van der Waals surface area contributed by atoms with Crippen LogP contribution in [0.4, 0.5) is 8.78 Å². The summed E-state index contributed by atoms with van der Waals surface area (Å²) in [6.45, 7) is 0. The van der Waals surface area contributed by atoms with Crippen molar-refractivity contribution in [1.29, 1.82) is 0 Å². The maximum Gasteiger partial charge on any atom is 0.203 e. The van der Waals surface area contributed by atoms with E-state index in [9.17, 15) is 8.78 Å². The topological polar surface area (TPSA) is 36.9 Å². The van der Waals surface area contributed by atoms with Crippen LogP contribution in [-0.2, 0) is 0 Å². The lowest BCUT2D eigenvalue weighted by atomic mass is 10.1. The number of benzene rings is 2. The lowest BCUT2D eigenvalue weighted by Crippen LogP contribution is -1.96. The van der Waals surface area contributed by atoms with Gasteiger partial charge in [0.05, 0.1) is 28.4 Å². The second kappa shape index (κ2) is 7.68. The van der Waals surface area contributed by atoms with Crippen molar-refractivity contribution >= 4 is 12.2 Å². The van der Waals surface area contributed by atoms with Gasteiger partial charge in [-0.1, -0.05) is 12.2 Å². The SMILES string of the molecule is COc1ccc(C=Cc2cc(OC)c(OC)c(OC)c2)c(F)c1F. The maximum atomic E-state index is 14.0. The summed E-state index contributed by atoms with van der Waals surface area (Å²) in [6.07, 6.45) is 3.08. The van der Waals surface area contributed by atoms with E-state index in [2.05, 4.69) is 0 Å². The molecule has 0 aliphatic rings. The molecule has 0 atom stereocenters. The Kier molecular flexibility index (Phi) is 5.63. The molecule has 0 bridgehead atoms. The molecule has 0 aliphatic heterocycles. The Labute approximate surface area is 139 Å². The van der Waals surface area contributed by atoms with Crippen molar-refractivity contribution in [3.8, 4) is 23.0 Å². The first-order valence-electron chi connectivity index (χ1n) is 7.05. The standard InChI is InChI=1S/C18H18F2O4/c1-21-13-8-7-12(16(19)17(13)20)6-5-11-9-14(22-2)18(24-4)15(10-11)23-3/h5-10H,1-4H3. The fraction of sp³-hybridized carbons (Fsp3) is 0.222. The van der Waals surface area contributed by atoms with Gasteiger partial charge in [-0.3, -0.25) is 0 Å². The smallest absolute Gasteiger partial charge is 0.203 e. The summed E-state index contributed by atoms with van der Waals surface area (Å²) in [5.41, 5.74) is 0.780. The molecule has 0 heterocycles. The van der Waals surface area contributed by atoms with E-state index in [1.165, 1.54) is 46.6 Å². The number of rotatable bonds is 6. The van der Waals surface area contributed by atoms with E-state index in [1.54, 1.807) is 18.2 Å². The second-order valence-electron chi connectivity index (χ2n) is 4.78. The first kappa shape index (κ1) is 17.6. The number of ether oxygens (including phenoxy) is 4. The van der Waals surface area contributed by atoms with E-state index in [0.717, 1.165) is 0 Å². The Hall–Kier alpha value is -2.76. The van der Waals surface area contributed by atoms with Gasteiger partial charge in [0, 0.05) is 5.56 Å². The zero-order chi connectivity index (χ0) is 17.7. The summed E-state index contributed by atoms with van der Waals surface area (Å²) in [4.78, 5) is 0. The van der Waals surface area contributed by atoms with Gasteiger partial charge in [-0.05, 0) is 29.8 Å². The van der Waals surface area contributed by atoms with Crippen molar-refractivity contribution < 1.29 is 27.7 Å². The van der Waals surface area contributed by atoms with E-state index in [1.807, 2.05) is 0 Å². The predicted molar refractivity (Wildman–Crippen MR) is 87.9 cm³/mol. The van der Waals surface area contributed by atoms with Crippen LogP contribution >= 0.6 is 0 Å². The third-order valence-electron chi connectivity index (χ3n) is 3.44. The molecule has 128 valence electrons. The van der Waals surface area contributed by atoms with Gasteiger partial charge < -0.3 is 18.9 Å². The van der Waals surface area contributed by atoms with Crippen LogP contribution in [0.25, 0.3) is 12.2 Å². The average molecular weight is 336 g/mol. The van der Waals surface area contributed by atoms with Crippen molar-refractivity contribution in [2.45, 2.75) is 0 Å². The Morgan fingerprint density at radius 1 is 0.708 bits per heavy atom. The molecule has 0 saturated heterocycles. The monoisotopic (exact) mass is 336 g/mol. The molecule has 0 N–H and O–H groups in total.